The lowest BCUT2D eigenvalue weighted by Crippen LogP contribution is -2.46. The molecular formula is C45H92N8O6. The highest BCUT2D eigenvalue weighted by Gasteiger charge is 2.14. The van der Waals surface area contributed by atoms with Crippen molar-refractivity contribution in [1.29, 1.82) is 0 Å². The third-order valence-corrected chi connectivity index (χ3v) is 10.7. The van der Waals surface area contributed by atoms with Crippen molar-refractivity contribution >= 4 is 24.1 Å². The van der Waals surface area contributed by atoms with Gasteiger partial charge in [-0.25, -0.2) is 19.2 Å². The number of unbranched alkanes of at least 4 members (excludes halogenated alkanes) is 24. The second kappa shape index (κ2) is 44.5. The van der Waals surface area contributed by atoms with Crippen molar-refractivity contribution in [2.45, 2.75) is 187 Å². The number of nitrogens with zero attached hydrogens (tertiary/aromatic N) is 2. The van der Waals surface area contributed by atoms with E-state index in [0.29, 0.717) is 52.4 Å². The lowest BCUT2D eigenvalue weighted by atomic mass is 10.0. The fourth-order valence-electron chi connectivity index (χ4n) is 6.98. The van der Waals surface area contributed by atoms with Gasteiger partial charge in [0, 0.05) is 65.4 Å². The van der Waals surface area contributed by atoms with E-state index in [2.05, 4.69) is 45.7 Å². The molecule has 0 radical (unpaired) electrons. The molecule has 0 aromatic carbocycles. The van der Waals surface area contributed by atoms with Crippen LogP contribution in [0.1, 0.15) is 187 Å². The molecule has 0 saturated carbocycles. The van der Waals surface area contributed by atoms with Gasteiger partial charge in [0.05, 0.1) is 13.2 Å². The van der Waals surface area contributed by atoms with E-state index in [0.717, 1.165) is 51.4 Å². The van der Waals surface area contributed by atoms with Crippen LogP contribution >= 0.6 is 0 Å². The van der Waals surface area contributed by atoms with Crippen molar-refractivity contribution in [3.8, 4) is 0 Å². The van der Waals surface area contributed by atoms with Crippen LogP contribution in [0.2, 0.25) is 0 Å². The summed E-state index contributed by atoms with van der Waals surface area (Å²) in [6.45, 7) is 8.62. The largest absolute Gasteiger partial charge is 0.395 e. The standard InChI is InChI=1S/C45H92N8O6/c1-3-5-7-9-19-23-26-30-46-42(56)48-35-37-53(39-41-55)45(59)51-33-29-25-21-18-16-14-12-11-13-15-17-20-24-27-31-47-43(57)49-34-36-52(38-40-54)44(58)50-32-28-22-10-8-6-4-2/h54-55H,3-41H2,1-2H3,(H,50,58)(H,51,59)(H2,46,48,56)(H2,47,49,57). The number of aliphatic hydroxyl groups excluding tert-OH is 2. The van der Waals surface area contributed by atoms with Crippen molar-refractivity contribution in [2.24, 2.45) is 0 Å². The molecular weight excluding hydrogens is 749 g/mol. The molecule has 0 rings (SSSR count). The highest BCUT2D eigenvalue weighted by molar-refractivity contribution is 5.76. The highest BCUT2D eigenvalue weighted by Crippen LogP contribution is 2.13. The average molecular weight is 841 g/mol. The Labute approximate surface area is 360 Å². The average Bonchev–Trinajstić information content (AvgIpc) is 3.23. The fourth-order valence-corrected chi connectivity index (χ4v) is 6.98. The molecule has 0 aromatic heterocycles. The topological polar surface area (TPSA) is 187 Å². The summed E-state index contributed by atoms with van der Waals surface area (Å²) in [7, 11) is 0. The van der Waals surface area contributed by atoms with Gasteiger partial charge in [0.25, 0.3) is 0 Å². The van der Waals surface area contributed by atoms with Gasteiger partial charge in [-0.15, -0.1) is 0 Å². The molecule has 0 aliphatic rings. The number of urea groups is 4. The zero-order valence-electron chi connectivity index (χ0n) is 38.0. The van der Waals surface area contributed by atoms with E-state index in [-0.39, 0.29) is 50.4 Å². The summed E-state index contributed by atoms with van der Waals surface area (Å²) in [5.41, 5.74) is 0. The van der Waals surface area contributed by atoms with Crippen LogP contribution < -0.4 is 31.9 Å². The predicted octanol–water partition coefficient (Wildman–Crippen LogP) is 8.17. The van der Waals surface area contributed by atoms with Crippen LogP contribution in [0.3, 0.4) is 0 Å². The van der Waals surface area contributed by atoms with Crippen LogP contribution in [0, 0.1) is 0 Å². The molecule has 0 unspecified atom stereocenters. The summed E-state index contributed by atoms with van der Waals surface area (Å²) in [5.74, 6) is 0. The van der Waals surface area contributed by atoms with Gasteiger partial charge >= 0.3 is 24.1 Å². The van der Waals surface area contributed by atoms with Gasteiger partial charge in [0.2, 0.25) is 0 Å². The first-order valence-corrected chi connectivity index (χ1v) is 24.2. The van der Waals surface area contributed by atoms with Crippen LogP contribution in [0.5, 0.6) is 0 Å². The predicted molar refractivity (Wildman–Crippen MR) is 243 cm³/mol. The van der Waals surface area contributed by atoms with Gasteiger partial charge in [-0.05, 0) is 25.7 Å². The molecule has 0 spiro atoms. The van der Waals surface area contributed by atoms with E-state index in [1.165, 1.54) is 122 Å². The molecule has 14 heteroatoms. The summed E-state index contributed by atoms with van der Waals surface area (Å²) >= 11 is 0. The molecule has 0 fully saturated rings. The van der Waals surface area contributed by atoms with Crippen LogP contribution in [0.15, 0.2) is 0 Å². The molecule has 0 heterocycles. The first kappa shape index (κ1) is 56.0. The van der Waals surface area contributed by atoms with Crippen molar-refractivity contribution in [3.63, 3.8) is 0 Å². The first-order chi connectivity index (χ1) is 28.9. The van der Waals surface area contributed by atoms with Crippen molar-refractivity contribution in [3.05, 3.63) is 0 Å². The molecule has 0 atom stereocenters. The van der Waals surface area contributed by atoms with Gasteiger partial charge < -0.3 is 51.9 Å². The van der Waals surface area contributed by atoms with Crippen LogP contribution in [0.4, 0.5) is 19.2 Å². The van der Waals surface area contributed by atoms with Crippen molar-refractivity contribution in [1.82, 2.24) is 41.7 Å². The quantitative estimate of drug-likeness (QED) is 0.0287. The van der Waals surface area contributed by atoms with Crippen molar-refractivity contribution in [2.75, 3.05) is 78.7 Å². The van der Waals surface area contributed by atoms with E-state index in [4.69, 9.17) is 0 Å². The lowest BCUT2D eigenvalue weighted by Gasteiger charge is -2.22. The number of hydrogen-bond donors (Lipinski definition) is 8. The van der Waals surface area contributed by atoms with Crippen LogP contribution in [0.25, 0.3) is 0 Å². The summed E-state index contributed by atoms with van der Waals surface area (Å²) < 4.78 is 0. The Morgan fingerprint density at radius 3 is 0.831 bits per heavy atom. The number of amides is 8. The molecule has 0 aliphatic heterocycles. The Morgan fingerprint density at radius 2 is 0.559 bits per heavy atom. The van der Waals surface area contributed by atoms with Gasteiger partial charge in [-0.1, -0.05) is 162 Å². The number of aliphatic hydroxyl groups is 2. The second-order valence-electron chi connectivity index (χ2n) is 16.1. The van der Waals surface area contributed by atoms with Gasteiger partial charge in [0.15, 0.2) is 0 Å². The minimum absolute atomic E-state index is 0.110. The minimum atomic E-state index is -0.218. The lowest BCUT2D eigenvalue weighted by molar-refractivity contribution is 0.177. The van der Waals surface area contributed by atoms with E-state index in [9.17, 15) is 29.4 Å². The molecule has 14 nitrogen and oxygen atoms in total. The third kappa shape index (κ3) is 38.9. The summed E-state index contributed by atoms with van der Waals surface area (Å²) in [6.07, 6.45) is 31.9. The number of carbonyl (C=O) groups is 4. The molecule has 8 amide bonds. The van der Waals surface area contributed by atoms with Crippen LogP contribution in [-0.2, 0) is 0 Å². The van der Waals surface area contributed by atoms with Gasteiger partial charge in [0.1, 0.15) is 0 Å². The Morgan fingerprint density at radius 1 is 0.322 bits per heavy atom. The maximum atomic E-state index is 12.6. The number of carbonyl (C=O) groups excluding carboxylic acids is 4. The molecule has 348 valence electrons. The van der Waals surface area contributed by atoms with Crippen molar-refractivity contribution < 1.29 is 29.4 Å². The molecule has 0 aliphatic carbocycles. The zero-order valence-corrected chi connectivity index (χ0v) is 38.0. The monoisotopic (exact) mass is 841 g/mol. The Kier molecular flexibility index (Phi) is 42.3. The second-order valence-corrected chi connectivity index (χ2v) is 16.1. The molecule has 0 aromatic rings. The summed E-state index contributed by atoms with van der Waals surface area (Å²) in [5, 5.41) is 36.1. The molecule has 0 bridgehead atoms. The Hall–Kier alpha value is -3.00. The third-order valence-electron chi connectivity index (χ3n) is 10.7. The Balaban J connectivity index is 3.66. The SMILES string of the molecule is CCCCCCCCCNC(=O)NCCN(CCO)C(=O)NCCCCCCCCCCCCCCCCNC(=O)NCCN(CCO)C(=O)NCCCCCCCC. The van der Waals surface area contributed by atoms with E-state index < -0.39 is 0 Å². The van der Waals surface area contributed by atoms with E-state index >= 15 is 0 Å². The van der Waals surface area contributed by atoms with E-state index in [1.54, 1.807) is 9.80 Å². The highest BCUT2D eigenvalue weighted by atomic mass is 16.3. The molecule has 8 N–H and O–H groups in total. The maximum Gasteiger partial charge on any atom is 0.317 e. The minimum Gasteiger partial charge on any atom is -0.395 e. The van der Waals surface area contributed by atoms with E-state index in [1.807, 2.05) is 0 Å². The first-order valence-electron chi connectivity index (χ1n) is 24.2. The van der Waals surface area contributed by atoms with Gasteiger partial charge in [-0.2, -0.15) is 0 Å². The number of rotatable bonds is 42. The van der Waals surface area contributed by atoms with Gasteiger partial charge in [-0.3, -0.25) is 0 Å². The summed E-state index contributed by atoms with van der Waals surface area (Å²) in [6, 6.07) is -0.818. The smallest absolute Gasteiger partial charge is 0.317 e. The molecule has 0 saturated heterocycles. The maximum absolute atomic E-state index is 12.6. The molecule has 59 heavy (non-hydrogen) atoms. The summed E-state index contributed by atoms with van der Waals surface area (Å²) in [4.78, 5) is 52.4. The fraction of sp³-hybridized carbons (Fsp3) is 0.911. The number of hydrogen-bond acceptors (Lipinski definition) is 6. The number of nitrogens with one attached hydrogen (secondary N) is 6. The Bertz CT molecular complexity index is 979. The zero-order chi connectivity index (χ0) is 43.3. The van der Waals surface area contributed by atoms with Crippen LogP contribution in [-0.4, -0.2) is 123 Å². The normalized spacial score (nSPS) is 10.9.